The first-order chi connectivity index (χ1) is 21.7. The second-order valence-electron chi connectivity index (χ2n) is 11.2. The number of aromatic nitrogens is 3. The van der Waals surface area contributed by atoms with Crippen molar-refractivity contribution in [3.63, 3.8) is 0 Å². The van der Waals surface area contributed by atoms with Crippen molar-refractivity contribution in [2.45, 2.75) is 51.9 Å². The minimum Gasteiger partial charge on any atom is -0.494 e. The van der Waals surface area contributed by atoms with Gasteiger partial charge in [-0.2, -0.15) is 28.1 Å². The lowest BCUT2D eigenvalue weighted by molar-refractivity contribution is -0.154. The van der Waals surface area contributed by atoms with Crippen LogP contribution in [0.15, 0.2) is 42.5 Å². The molecule has 0 atom stereocenters. The maximum atomic E-state index is 12.9. The highest BCUT2D eigenvalue weighted by molar-refractivity contribution is 5.91. The zero-order valence-corrected chi connectivity index (χ0v) is 25.5. The molecule has 0 saturated carbocycles. The van der Waals surface area contributed by atoms with Crippen LogP contribution in [-0.4, -0.2) is 81.7 Å². The molecular weight excluding hydrogens is 613 g/mol. The number of carboxylic acids is 1. The molecule has 13 nitrogen and oxygen atoms in total. The molecule has 2 aliphatic heterocycles. The first-order valence-electron chi connectivity index (χ1n) is 14.4. The highest BCUT2D eigenvalue weighted by Crippen LogP contribution is 2.27. The number of anilines is 3. The number of nitrogens with zero attached hydrogens (tertiary/aromatic N) is 4. The number of hydrogen-bond donors (Lipinski definition) is 3. The Labute approximate surface area is 263 Å². The summed E-state index contributed by atoms with van der Waals surface area (Å²) < 4.78 is 60.5. The van der Waals surface area contributed by atoms with Gasteiger partial charge in [0.2, 0.25) is 11.9 Å². The van der Waals surface area contributed by atoms with E-state index in [1.54, 1.807) is 49.9 Å². The van der Waals surface area contributed by atoms with E-state index < -0.39 is 36.5 Å². The van der Waals surface area contributed by atoms with E-state index in [-0.39, 0.29) is 48.6 Å². The van der Waals surface area contributed by atoms with E-state index >= 15 is 0 Å². The first-order valence-corrected chi connectivity index (χ1v) is 14.4. The van der Waals surface area contributed by atoms with Gasteiger partial charge >= 0.3 is 24.2 Å². The predicted molar refractivity (Wildman–Crippen MR) is 160 cm³/mol. The maximum Gasteiger partial charge on any atom is 0.422 e. The number of rotatable bonds is 3. The predicted octanol–water partition coefficient (Wildman–Crippen LogP) is 5.66. The molecule has 2 aliphatic rings. The molecule has 2 aromatic carbocycles. The summed E-state index contributed by atoms with van der Waals surface area (Å²) in [5, 5.41) is 15.5. The Balaban J connectivity index is 1.62. The van der Waals surface area contributed by atoms with Crippen LogP contribution in [0.1, 0.15) is 49.5 Å². The topological polar surface area (TPSA) is 157 Å². The van der Waals surface area contributed by atoms with Crippen molar-refractivity contribution in [2.75, 3.05) is 43.5 Å². The number of hydrogen-bond acceptors (Lipinski definition) is 11. The summed E-state index contributed by atoms with van der Waals surface area (Å²) in [6.45, 7) is 4.92. The van der Waals surface area contributed by atoms with Gasteiger partial charge in [0.25, 0.3) is 0 Å². The van der Waals surface area contributed by atoms with Crippen molar-refractivity contribution in [1.29, 1.82) is 0 Å². The molecule has 1 amide bonds. The minimum absolute atomic E-state index is 0.0147. The lowest BCUT2D eigenvalue weighted by atomic mass is 10.2. The van der Waals surface area contributed by atoms with E-state index in [1.807, 2.05) is 0 Å². The molecule has 3 aromatic rings. The lowest BCUT2D eigenvalue weighted by Gasteiger charge is -2.27. The van der Waals surface area contributed by atoms with Gasteiger partial charge in [0, 0.05) is 31.4 Å². The number of carbonyl (C=O) groups excluding carboxylic acids is 1. The third-order valence-corrected chi connectivity index (χ3v) is 6.14. The van der Waals surface area contributed by atoms with Crippen LogP contribution >= 0.6 is 0 Å². The van der Waals surface area contributed by atoms with E-state index in [4.69, 9.17) is 18.9 Å². The quantitative estimate of drug-likeness (QED) is 0.321. The van der Waals surface area contributed by atoms with Crippen LogP contribution in [0, 0.1) is 0 Å². The van der Waals surface area contributed by atoms with E-state index in [9.17, 15) is 27.9 Å². The highest BCUT2D eigenvalue weighted by atomic mass is 19.4. The standard InChI is InChI=1S/C30H35F3N6O7/c1-29(2,3)46-28(42)39-12-4-14-43-21-9-6-19(7-10-21)17-34-25-36-26(38-27(37-25)45-18-30(31,32)33)35-20-8-11-22(24(40)41)23(16-20)44-15-5-13-39/h6-11,16H,4-5,12-15,17-18H2,1-3H3,(H,40,41)(H2,34,35,36,37,38). The average Bonchev–Trinajstić information content (AvgIpc) is 2.97. The van der Waals surface area contributed by atoms with Crippen molar-refractivity contribution in [3.8, 4) is 17.5 Å². The summed E-state index contributed by atoms with van der Waals surface area (Å²) in [6, 6.07) is 10.7. The molecule has 0 radical (unpaired) electrons. The number of fused-ring (bicyclic) bond motifs is 11. The van der Waals surface area contributed by atoms with Crippen molar-refractivity contribution in [2.24, 2.45) is 0 Å². The smallest absolute Gasteiger partial charge is 0.422 e. The van der Waals surface area contributed by atoms with Gasteiger partial charge in [-0.25, -0.2) is 9.59 Å². The molecular formula is C30H35F3N6O7. The van der Waals surface area contributed by atoms with Crippen molar-refractivity contribution < 1.29 is 46.8 Å². The summed E-state index contributed by atoms with van der Waals surface area (Å²) >= 11 is 0. The normalized spacial score (nSPS) is 14.7. The summed E-state index contributed by atoms with van der Waals surface area (Å²) in [5.74, 6) is -0.845. The Kier molecular flexibility index (Phi) is 10.9. The number of aromatic carboxylic acids is 1. The molecule has 6 bridgehead atoms. The van der Waals surface area contributed by atoms with E-state index in [1.165, 1.54) is 18.2 Å². The summed E-state index contributed by atoms with van der Waals surface area (Å²) in [6.07, 6.45) is -4.26. The number of alkyl halides is 3. The largest absolute Gasteiger partial charge is 0.494 e. The SMILES string of the molecule is CC(C)(C)OC(=O)N1CCCOc2ccc(cc2)CNc2nc(nc(OCC(F)(F)F)n2)Nc2ccc(C(=O)O)c(c2)OCCC1. The van der Waals surface area contributed by atoms with Crippen LogP contribution in [0.25, 0.3) is 0 Å². The van der Waals surface area contributed by atoms with Crippen molar-refractivity contribution in [3.05, 3.63) is 53.6 Å². The molecule has 1 aromatic heterocycles. The van der Waals surface area contributed by atoms with Gasteiger partial charge in [-0.3, -0.25) is 0 Å². The summed E-state index contributed by atoms with van der Waals surface area (Å²) in [5.41, 5.74) is 0.256. The molecule has 0 unspecified atom stereocenters. The Morgan fingerprint density at radius 2 is 1.63 bits per heavy atom. The Morgan fingerprint density at radius 3 is 2.28 bits per heavy atom. The van der Waals surface area contributed by atoms with Gasteiger partial charge < -0.3 is 39.6 Å². The summed E-state index contributed by atoms with van der Waals surface area (Å²) in [7, 11) is 0. The third-order valence-electron chi connectivity index (χ3n) is 6.14. The zero-order valence-electron chi connectivity index (χ0n) is 25.5. The second kappa shape index (κ2) is 14.8. The fraction of sp³-hybridized carbons (Fsp3) is 0.433. The van der Waals surface area contributed by atoms with Crippen LogP contribution in [0.4, 0.5) is 35.5 Å². The van der Waals surface area contributed by atoms with Gasteiger partial charge in [0.1, 0.15) is 22.7 Å². The fourth-order valence-corrected chi connectivity index (χ4v) is 4.12. The Hall–Kier alpha value is -5.02. The molecule has 16 heteroatoms. The molecule has 0 aliphatic carbocycles. The molecule has 46 heavy (non-hydrogen) atoms. The highest BCUT2D eigenvalue weighted by Gasteiger charge is 2.29. The molecule has 5 rings (SSSR count). The molecule has 0 fully saturated rings. The molecule has 3 heterocycles. The third kappa shape index (κ3) is 10.9. The maximum absolute atomic E-state index is 12.9. The van der Waals surface area contributed by atoms with Crippen LogP contribution in [0.5, 0.6) is 17.5 Å². The Morgan fingerprint density at radius 1 is 0.957 bits per heavy atom. The monoisotopic (exact) mass is 648 g/mol. The average molecular weight is 649 g/mol. The minimum atomic E-state index is -4.62. The van der Waals surface area contributed by atoms with Gasteiger partial charge in [-0.05, 0) is 63.4 Å². The van der Waals surface area contributed by atoms with Gasteiger partial charge in [-0.1, -0.05) is 12.1 Å². The number of carbonyl (C=O) groups is 2. The van der Waals surface area contributed by atoms with Gasteiger partial charge in [0.15, 0.2) is 6.61 Å². The first kappa shape index (κ1) is 33.9. The lowest BCUT2D eigenvalue weighted by Crippen LogP contribution is -2.38. The van der Waals surface area contributed by atoms with Gasteiger partial charge in [-0.15, -0.1) is 0 Å². The van der Waals surface area contributed by atoms with Crippen LogP contribution in [0.2, 0.25) is 0 Å². The van der Waals surface area contributed by atoms with Crippen molar-refractivity contribution in [1.82, 2.24) is 19.9 Å². The van der Waals surface area contributed by atoms with E-state index in [2.05, 4.69) is 25.6 Å². The fourth-order valence-electron chi connectivity index (χ4n) is 4.12. The number of carboxylic acid groups (broad SMARTS) is 1. The van der Waals surface area contributed by atoms with Crippen LogP contribution in [0.3, 0.4) is 0 Å². The van der Waals surface area contributed by atoms with Crippen molar-refractivity contribution >= 4 is 29.6 Å². The van der Waals surface area contributed by atoms with Gasteiger partial charge in [0.05, 0.1) is 13.2 Å². The number of benzene rings is 2. The Bertz CT molecular complexity index is 1500. The molecule has 0 spiro atoms. The van der Waals surface area contributed by atoms with Crippen LogP contribution < -0.4 is 24.8 Å². The van der Waals surface area contributed by atoms with E-state index in [0.29, 0.717) is 31.7 Å². The van der Waals surface area contributed by atoms with E-state index in [0.717, 1.165) is 5.56 Å². The molecule has 3 N–H and O–H groups in total. The molecule has 248 valence electrons. The molecule has 0 saturated heterocycles. The number of ether oxygens (including phenoxy) is 4. The summed E-state index contributed by atoms with van der Waals surface area (Å²) in [4.78, 5) is 38.4. The number of halogens is 3. The van der Waals surface area contributed by atoms with Crippen LogP contribution in [-0.2, 0) is 11.3 Å². The zero-order chi connectivity index (χ0) is 33.3. The number of nitrogens with one attached hydrogen (secondary N) is 2. The second-order valence-corrected chi connectivity index (χ2v) is 11.2. The number of amides is 1.